The summed E-state index contributed by atoms with van der Waals surface area (Å²) in [4.78, 5) is 11.6. The molecule has 1 aromatic carbocycles. The molecule has 2 rings (SSSR count). The molecule has 0 spiro atoms. The van der Waals surface area contributed by atoms with Gasteiger partial charge in [0.2, 0.25) is 0 Å². The Labute approximate surface area is 107 Å². The number of rotatable bonds is 2. The van der Waals surface area contributed by atoms with E-state index >= 15 is 0 Å². The first-order valence-corrected chi connectivity index (χ1v) is 6.28. The zero-order valence-corrected chi connectivity index (χ0v) is 10.9. The van der Waals surface area contributed by atoms with Gasteiger partial charge in [-0.3, -0.25) is 4.79 Å². The Kier molecular flexibility index (Phi) is 3.43. The van der Waals surface area contributed by atoms with Crippen molar-refractivity contribution in [1.29, 1.82) is 0 Å². The van der Waals surface area contributed by atoms with Crippen molar-refractivity contribution >= 4 is 15.9 Å². The van der Waals surface area contributed by atoms with Crippen LogP contribution in [0.5, 0.6) is 0 Å². The fourth-order valence-electron chi connectivity index (χ4n) is 1.65. The van der Waals surface area contributed by atoms with Crippen LogP contribution in [0.25, 0.3) is 5.69 Å². The summed E-state index contributed by atoms with van der Waals surface area (Å²) in [5.74, 6) is -0.270. The minimum absolute atomic E-state index is 0.0118. The van der Waals surface area contributed by atoms with E-state index in [1.807, 2.05) is 11.5 Å². The van der Waals surface area contributed by atoms with Gasteiger partial charge < -0.3 is 4.57 Å². The number of aromatic nitrogens is 1. The second-order valence-electron chi connectivity index (χ2n) is 3.78. The van der Waals surface area contributed by atoms with E-state index in [2.05, 4.69) is 15.9 Å². The highest BCUT2D eigenvalue weighted by molar-refractivity contribution is 9.08. The van der Waals surface area contributed by atoms with Crippen molar-refractivity contribution < 1.29 is 4.39 Å². The van der Waals surface area contributed by atoms with E-state index in [0.29, 0.717) is 10.9 Å². The van der Waals surface area contributed by atoms with Crippen LogP contribution < -0.4 is 5.43 Å². The fraction of sp³-hybridized carbons (Fsp3) is 0.154. The molecule has 0 saturated heterocycles. The van der Waals surface area contributed by atoms with Crippen LogP contribution in [0, 0.1) is 12.7 Å². The molecule has 0 saturated carbocycles. The number of hydrogen-bond acceptors (Lipinski definition) is 1. The minimum Gasteiger partial charge on any atom is -0.321 e. The van der Waals surface area contributed by atoms with Gasteiger partial charge in [-0.15, -0.1) is 0 Å². The van der Waals surface area contributed by atoms with Crippen LogP contribution in [-0.4, -0.2) is 4.57 Å². The molecule has 0 bridgehead atoms. The second kappa shape index (κ2) is 4.84. The molecule has 17 heavy (non-hydrogen) atoms. The van der Waals surface area contributed by atoms with Crippen LogP contribution >= 0.6 is 15.9 Å². The molecule has 1 heterocycles. The van der Waals surface area contributed by atoms with E-state index < -0.39 is 0 Å². The van der Waals surface area contributed by atoms with E-state index in [1.165, 1.54) is 12.1 Å². The molecular formula is C13H11BrFNO. The summed E-state index contributed by atoms with van der Waals surface area (Å²) in [6.45, 7) is 1.85. The lowest BCUT2D eigenvalue weighted by atomic mass is 10.2. The van der Waals surface area contributed by atoms with Crippen molar-refractivity contribution in [2.75, 3.05) is 0 Å². The lowest BCUT2D eigenvalue weighted by Crippen LogP contribution is -2.12. The largest absolute Gasteiger partial charge is 0.321 e. The van der Waals surface area contributed by atoms with Crippen LogP contribution in [0.2, 0.25) is 0 Å². The molecule has 2 nitrogen and oxygen atoms in total. The number of pyridine rings is 1. The third-order valence-corrected chi connectivity index (χ3v) is 3.17. The molecular weight excluding hydrogens is 285 g/mol. The Morgan fingerprint density at radius 3 is 2.53 bits per heavy atom. The Balaban J connectivity index is 2.59. The van der Waals surface area contributed by atoms with Gasteiger partial charge in [-0.1, -0.05) is 15.9 Å². The first kappa shape index (κ1) is 12.0. The molecule has 88 valence electrons. The number of alkyl halides is 1. The zero-order valence-electron chi connectivity index (χ0n) is 9.28. The van der Waals surface area contributed by atoms with Crippen LogP contribution in [0.4, 0.5) is 4.39 Å². The zero-order chi connectivity index (χ0) is 12.4. The van der Waals surface area contributed by atoms with Crippen molar-refractivity contribution in [2.45, 2.75) is 12.3 Å². The van der Waals surface area contributed by atoms with Gasteiger partial charge in [0.25, 0.3) is 0 Å². The van der Waals surface area contributed by atoms with Gasteiger partial charge in [-0.25, -0.2) is 4.39 Å². The van der Waals surface area contributed by atoms with Gasteiger partial charge in [0.1, 0.15) is 5.82 Å². The van der Waals surface area contributed by atoms with E-state index in [4.69, 9.17) is 0 Å². The molecule has 0 radical (unpaired) electrons. The van der Waals surface area contributed by atoms with E-state index in [1.54, 1.807) is 24.4 Å². The molecule has 2 aromatic rings. The van der Waals surface area contributed by atoms with Crippen LogP contribution in [0.1, 0.15) is 11.3 Å². The molecule has 1 aromatic heterocycles. The average Bonchev–Trinajstić information content (AvgIpc) is 2.31. The summed E-state index contributed by atoms with van der Waals surface area (Å²) in [6, 6.07) is 7.76. The van der Waals surface area contributed by atoms with Gasteiger partial charge in [0.05, 0.1) is 0 Å². The summed E-state index contributed by atoms with van der Waals surface area (Å²) in [5.41, 5.74) is 2.36. The molecule has 0 aliphatic heterocycles. The molecule has 0 fully saturated rings. The average molecular weight is 296 g/mol. The second-order valence-corrected chi connectivity index (χ2v) is 4.35. The quantitative estimate of drug-likeness (QED) is 0.780. The first-order chi connectivity index (χ1) is 8.11. The van der Waals surface area contributed by atoms with Crippen molar-refractivity contribution in [3.8, 4) is 5.69 Å². The highest BCUT2D eigenvalue weighted by Crippen LogP contribution is 2.12. The summed E-state index contributed by atoms with van der Waals surface area (Å²) in [5, 5.41) is 0.507. The van der Waals surface area contributed by atoms with Crippen LogP contribution in [-0.2, 0) is 5.33 Å². The van der Waals surface area contributed by atoms with Crippen LogP contribution in [0.3, 0.4) is 0 Å². The van der Waals surface area contributed by atoms with Crippen molar-refractivity contribution in [2.24, 2.45) is 0 Å². The van der Waals surface area contributed by atoms with E-state index in [-0.39, 0.29) is 11.2 Å². The van der Waals surface area contributed by atoms with E-state index in [9.17, 15) is 9.18 Å². The molecule has 0 atom stereocenters. The monoisotopic (exact) mass is 295 g/mol. The van der Waals surface area contributed by atoms with Gasteiger partial charge >= 0.3 is 0 Å². The maximum Gasteiger partial charge on any atom is 0.185 e. The maximum atomic E-state index is 12.8. The minimum atomic E-state index is -0.270. The number of benzene rings is 1. The number of halogens is 2. The molecule has 0 amide bonds. The Hall–Kier alpha value is -1.42. The third-order valence-electron chi connectivity index (χ3n) is 2.57. The van der Waals surface area contributed by atoms with Crippen molar-refractivity contribution in [3.63, 3.8) is 0 Å². The molecule has 0 unspecified atom stereocenters. The Bertz CT molecular complexity index is 589. The maximum absolute atomic E-state index is 12.8. The topological polar surface area (TPSA) is 22.0 Å². The molecule has 0 N–H and O–H groups in total. The summed E-state index contributed by atoms with van der Waals surface area (Å²) in [7, 11) is 0. The predicted octanol–water partition coefficient (Wildman–Crippen LogP) is 3.18. The standard InChI is InChI=1S/C13H11BrFNO/c1-9-6-13(17)10(7-14)8-16(9)12-4-2-11(15)3-5-12/h2-6,8H,7H2,1H3. The van der Waals surface area contributed by atoms with Crippen LogP contribution in [0.15, 0.2) is 41.3 Å². The van der Waals surface area contributed by atoms with Gasteiger partial charge in [0.15, 0.2) is 5.43 Å². The van der Waals surface area contributed by atoms with Crippen molar-refractivity contribution in [3.05, 3.63) is 63.8 Å². The Morgan fingerprint density at radius 2 is 1.94 bits per heavy atom. The summed E-state index contributed by atoms with van der Waals surface area (Å²) >= 11 is 3.28. The first-order valence-electron chi connectivity index (χ1n) is 5.16. The summed E-state index contributed by atoms with van der Waals surface area (Å²) < 4.78 is 14.7. The van der Waals surface area contributed by atoms with Gasteiger partial charge in [-0.2, -0.15) is 0 Å². The number of nitrogens with zero attached hydrogens (tertiary/aromatic N) is 1. The summed E-state index contributed by atoms with van der Waals surface area (Å²) in [6.07, 6.45) is 1.78. The Morgan fingerprint density at radius 1 is 1.29 bits per heavy atom. The lowest BCUT2D eigenvalue weighted by Gasteiger charge is -2.11. The highest BCUT2D eigenvalue weighted by atomic mass is 79.9. The van der Waals surface area contributed by atoms with E-state index in [0.717, 1.165) is 11.4 Å². The van der Waals surface area contributed by atoms with Gasteiger partial charge in [0, 0.05) is 34.5 Å². The fourth-order valence-corrected chi connectivity index (χ4v) is 2.07. The smallest absolute Gasteiger partial charge is 0.185 e. The lowest BCUT2D eigenvalue weighted by molar-refractivity contribution is 0.627. The van der Waals surface area contributed by atoms with Crippen molar-refractivity contribution in [1.82, 2.24) is 4.57 Å². The van der Waals surface area contributed by atoms with Gasteiger partial charge in [-0.05, 0) is 31.2 Å². The molecule has 0 aliphatic rings. The number of hydrogen-bond donors (Lipinski definition) is 0. The predicted molar refractivity (Wildman–Crippen MR) is 69.4 cm³/mol. The SMILES string of the molecule is Cc1cc(=O)c(CBr)cn1-c1ccc(F)cc1. The molecule has 0 aliphatic carbocycles. The third kappa shape index (κ3) is 2.47. The normalized spacial score (nSPS) is 10.5. The molecule has 4 heteroatoms. The highest BCUT2D eigenvalue weighted by Gasteiger charge is 2.04. The number of aryl methyl sites for hydroxylation is 1.